The van der Waals surface area contributed by atoms with Crippen LogP contribution < -0.4 is 4.90 Å². The minimum absolute atomic E-state index is 0.0517. The molecule has 2 heterocycles. The van der Waals surface area contributed by atoms with Crippen LogP contribution >= 0.6 is 11.6 Å². The van der Waals surface area contributed by atoms with Crippen LogP contribution in [0.4, 0.5) is 5.69 Å². The maximum atomic E-state index is 12.7. The van der Waals surface area contributed by atoms with Gasteiger partial charge in [0, 0.05) is 13.0 Å². The Bertz CT molecular complexity index is 703. The first-order valence-electron chi connectivity index (χ1n) is 7.67. The lowest BCUT2D eigenvalue weighted by molar-refractivity contribution is -0.121. The van der Waals surface area contributed by atoms with Gasteiger partial charge in [-0.15, -0.1) is 0 Å². The van der Waals surface area contributed by atoms with Crippen molar-refractivity contribution in [3.05, 3.63) is 41.0 Å². The molecule has 0 N–H and O–H groups in total. The van der Waals surface area contributed by atoms with E-state index in [4.69, 9.17) is 16.1 Å². The van der Waals surface area contributed by atoms with E-state index in [2.05, 4.69) is 10.1 Å². The molecule has 1 saturated heterocycles. The van der Waals surface area contributed by atoms with E-state index in [0.717, 1.165) is 18.5 Å². The molecular weight excluding hydrogens is 316 g/mol. The number of anilines is 1. The van der Waals surface area contributed by atoms with Crippen LogP contribution in [0.25, 0.3) is 0 Å². The smallest absolute Gasteiger partial charge is 0.244 e. The van der Waals surface area contributed by atoms with E-state index < -0.39 is 0 Å². The van der Waals surface area contributed by atoms with Gasteiger partial charge < -0.3 is 9.42 Å². The van der Waals surface area contributed by atoms with Gasteiger partial charge in [-0.25, -0.2) is 0 Å². The number of likely N-dealkylation sites (N-methyl/N-ethyl adjacent to an activating group) is 1. The van der Waals surface area contributed by atoms with Gasteiger partial charge in [0.15, 0.2) is 5.82 Å². The molecule has 0 radical (unpaired) electrons. The number of amides is 1. The van der Waals surface area contributed by atoms with Crippen molar-refractivity contribution in [3.63, 3.8) is 0 Å². The number of hydrogen-bond donors (Lipinski definition) is 0. The zero-order valence-corrected chi connectivity index (χ0v) is 14.0. The Labute approximate surface area is 140 Å². The summed E-state index contributed by atoms with van der Waals surface area (Å²) in [4.78, 5) is 20.7. The normalized spacial score (nSPS) is 18.2. The molecule has 1 fully saturated rings. The molecule has 1 aromatic carbocycles. The highest BCUT2D eigenvalue weighted by Gasteiger charge is 2.36. The first-order valence-corrected chi connectivity index (χ1v) is 8.05. The number of para-hydroxylation sites is 1. The molecule has 2 aromatic rings. The summed E-state index contributed by atoms with van der Waals surface area (Å²) in [6.45, 7) is 3.09. The summed E-state index contributed by atoms with van der Waals surface area (Å²) >= 11 is 6.20. The molecule has 23 heavy (non-hydrogen) atoms. The molecule has 0 saturated carbocycles. The molecule has 3 rings (SSSR count). The van der Waals surface area contributed by atoms with Crippen LogP contribution in [0.1, 0.15) is 25.1 Å². The van der Waals surface area contributed by atoms with E-state index in [0.29, 0.717) is 29.8 Å². The van der Waals surface area contributed by atoms with Gasteiger partial charge in [0.05, 0.1) is 23.3 Å². The third-order valence-corrected chi connectivity index (χ3v) is 4.38. The Morgan fingerprint density at radius 1 is 1.43 bits per heavy atom. The zero-order chi connectivity index (χ0) is 16.4. The van der Waals surface area contributed by atoms with Crippen LogP contribution in [0.2, 0.25) is 5.02 Å². The Morgan fingerprint density at radius 2 is 2.22 bits per heavy atom. The predicted octanol–water partition coefficient (Wildman–Crippen LogP) is 2.52. The van der Waals surface area contributed by atoms with Gasteiger partial charge >= 0.3 is 0 Å². The number of carbonyl (C=O) groups is 1. The molecule has 0 spiro atoms. The molecule has 1 atom stereocenters. The summed E-state index contributed by atoms with van der Waals surface area (Å²) in [5.41, 5.74) is 0.765. The van der Waals surface area contributed by atoms with E-state index in [1.54, 1.807) is 11.0 Å². The van der Waals surface area contributed by atoms with Crippen molar-refractivity contribution in [2.75, 3.05) is 18.5 Å². The van der Waals surface area contributed by atoms with E-state index >= 15 is 0 Å². The minimum atomic E-state index is -0.205. The average molecular weight is 335 g/mol. The first kappa shape index (κ1) is 16.0. The van der Waals surface area contributed by atoms with Crippen molar-refractivity contribution in [3.8, 4) is 0 Å². The third-order valence-electron chi connectivity index (χ3n) is 4.06. The van der Waals surface area contributed by atoms with E-state index in [1.807, 2.05) is 37.1 Å². The number of aryl methyl sites for hydroxylation is 1. The number of nitrogens with zero attached hydrogens (tertiary/aromatic N) is 4. The second-order valence-electron chi connectivity index (χ2n) is 5.62. The fourth-order valence-corrected chi connectivity index (χ4v) is 3.04. The van der Waals surface area contributed by atoms with E-state index in [-0.39, 0.29) is 11.9 Å². The highest BCUT2D eigenvalue weighted by molar-refractivity contribution is 6.33. The summed E-state index contributed by atoms with van der Waals surface area (Å²) < 4.78 is 5.20. The zero-order valence-electron chi connectivity index (χ0n) is 13.2. The number of carbonyl (C=O) groups excluding carboxylic acids is 1. The summed E-state index contributed by atoms with van der Waals surface area (Å²) in [6.07, 6.45) is 1.48. The van der Waals surface area contributed by atoms with Crippen LogP contribution in [0.5, 0.6) is 0 Å². The molecule has 1 amide bonds. The fourth-order valence-electron chi connectivity index (χ4n) is 2.81. The molecule has 6 nitrogen and oxygen atoms in total. The fraction of sp³-hybridized carbons (Fsp3) is 0.438. The van der Waals surface area contributed by atoms with Crippen molar-refractivity contribution in [1.29, 1.82) is 0 Å². The molecule has 0 aliphatic carbocycles. The molecule has 1 aliphatic heterocycles. The predicted molar refractivity (Wildman–Crippen MR) is 87.4 cm³/mol. The summed E-state index contributed by atoms with van der Waals surface area (Å²) in [5, 5.41) is 4.47. The number of halogens is 1. The minimum Gasteiger partial charge on any atom is -0.338 e. The Morgan fingerprint density at radius 3 is 2.91 bits per heavy atom. The van der Waals surface area contributed by atoms with Gasteiger partial charge in [0.25, 0.3) is 0 Å². The topological polar surface area (TPSA) is 62.5 Å². The van der Waals surface area contributed by atoms with Crippen LogP contribution in [0.3, 0.4) is 0 Å². The third kappa shape index (κ3) is 3.23. The molecule has 0 unspecified atom stereocenters. The number of benzene rings is 1. The largest absolute Gasteiger partial charge is 0.338 e. The SMILES string of the molecule is CCc1noc(CN(C)[C@@H]2CCN(c3ccccc3Cl)C2=O)n1. The van der Waals surface area contributed by atoms with Gasteiger partial charge in [-0.3, -0.25) is 9.69 Å². The van der Waals surface area contributed by atoms with E-state index in [9.17, 15) is 4.79 Å². The standard InChI is InChI=1S/C16H19ClN4O2/c1-3-14-18-15(23-19-14)10-20(2)13-8-9-21(16(13)22)12-7-5-4-6-11(12)17/h4-7,13H,3,8-10H2,1-2H3/t13-/m1/s1. The summed E-state index contributed by atoms with van der Waals surface area (Å²) in [7, 11) is 1.90. The molecule has 122 valence electrons. The van der Waals surface area contributed by atoms with Gasteiger partial charge in [-0.2, -0.15) is 4.98 Å². The Balaban J connectivity index is 1.70. The van der Waals surface area contributed by atoms with Gasteiger partial charge in [0.1, 0.15) is 0 Å². The highest BCUT2D eigenvalue weighted by Crippen LogP contribution is 2.30. The van der Waals surface area contributed by atoms with Crippen LogP contribution in [0, 0.1) is 0 Å². The van der Waals surface area contributed by atoms with Gasteiger partial charge in [-0.05, 0) is 25.6 Å². The highest BCUT2D eigenvalue weighted by atomic mass is 35.5. The molecule has 0 bridgehead atoms. The second-order valence-corrected chi connectivity index (χ2v) is 6.03. The lowest BCUT2D eigenvalue weighted by Crippen LogP contribution is -2.39. The van der Waals surface area contributed by atoms with Crippen LogP contribution in [0.15, 0.2) is 28.8 Å². The first-order chi connectivity index (χ1) is 11.1. The maximum Gasteiger partial charge on any atom is 0.244 e. The average Bonchev–Trinajstić information content (AvgIpc) is 3.14. The quantitative estimate of drug-likeness (QED) is 0.840. The van der Waals surface area contributed by atoms with E-state index in [1.165, 1.54) is 0 Å². The van der Waals surface area contributed by atoms with Crippen molar-refractivity contribution >= 4 is 23.2 Å². The van der Waals surface area contributed by atoms with Crippen LogP contribution in [-0.2, 0) is 17.8 Å². The lowest BCUT2D eigenvalue weighted by Gasteiger charge is -2.22. The summed E-state index contributed by atoms with van der Waals surface area (Å²) in [6, 6.07) is 7.20. The summed E-state index contributed by atoms with van der Waals surface area (Å²) in [5.74, 6) is 1.27. The van der Waals surface area contributed by atoms with Gasteiger partial charge in [-0.1, -0.05) is 35.8 Å². The second kappa shape index (κ2) is 6.68. The Hall–Kier alpha value is -1.92. The van der Waals surface area contributed by atoms with Gasteiger partial charge in [0.2, 0.25) is 11.8 Å². The number of hydrogen-bond acceptors (Lipinski definition) is 5. The molecule has 1 aromatic heterocycles. The van der Waals surface area contributed by atoms with Crippen LogP contribution in [-0.4, -0.2) is 40.6 Å². The number of aromatic nitrogens is 2. The lowest BCUT2D eigenvalue weighted by atomic mass is 10.2. The maximum absolute atomic E-state index is 12.7. The Kier molecular flexibility index (Phi) is 4.63. The number of rotatable bonds is 5. The molecular formula is C16H19ClN4O2. The van der Waals surface area contributed by atoms with Crippen molar-refractivity contribution in [2.45, 2.75) is 32.4 Å². The van der Waals surface area contributed by atoms with Crippen molar-refractivity contribution in [1.82, 2.24) is 15.0 Å². The van der Waals surface area contributed by atoms with Crippen molar-refractivity contribution < 1.29 is 9.32 Å². The van der Waals surface area contributed by atoms with Crippen molar-refractivity contribution in [2.24, 2.45) is 0 Å². The monoisotopic (exact) mass is 334 g/mol. The molecule has 7 heteroatoms. The molecule has 1 aliphatic rings.